The monoisotopic (exact) mass is 244 g/mol. The van der Waals surface area contributed by atoms with Gasteiger partial charge in [-0.2, -0.15) is 0 Å². The number of rotatable bonds is 4. The van der Waals surface area contributed by atoms with Crippen LogP contribution in [0.1, 0.15) is 13.8 Å². The second-order valence-corrected chi connectivity index (χ2v) is 5.54. The molecule has 0 aliphatic carbocycles. The highest BCUT2D eigenvalue weighted by Gasteiger charge is 2.28. The molecular formula is C11H13ClO2S. The number of hydrogen-bond donors (Lipinski definition) is 0. The van der Waals surface area contributed by atoms with E-state index in [2.05, 4.69) is 0 Å². The van der Waals surface area contributed by atoms with E-state index in [1.807, 2.05) is 24.3 Å². The number of carbonyl (C=O) groups is 1. The summed E-state index contributed by atoms with van der Waals surface area (Å²) in [5.74, 6) is 0.758. The Morgan fingerprint density at radius 2 is 2.00 bits per heavy atom. The largest absolute Gasteiger partial charge is 0.496 e. The van der Waals surface area contributed by atoms with Gasteiger partial charge in [0.15, 0.2) is 0 Å². The predicted molar refractivity (Wildman–Crippen MR) is 63.8 cm³/mol. The van der Waals surface area contributed by atoms with Crippen LogP contribution in [0.4, 0.5) is 0 Å². The topological polar surface area (TPSA) is 26.3 Å². The molecular weight excluding hydrogens is 232 g/mol. The lowest BCUT2D eigenvalue weighted by atomic mass is 10.2. The summed E-state index contributed by atoms with van der Waals surface area (Å²) in [5, 5.41) is -0.363. The molecule has 0 fully saturated rings. The van der Waals surface area contributed by atoms with Gasteiger partial charge in [-0.1, -0.05) is 12.1 Å². The standard InChI is InChI=1S/C11H13ClO2S/c1-11(2,10(12)13)15-9-7-5-4-6-8(9)14-3/h4-7H,1-3H3. The van der Waals surface area contributed by atoms with E-state index in [0.717, 1.165) is 10.6 Å². The van der Waals surface area contributed by atoms with Crippen molar-refractivity contribution in [3.63, 3.8) is 0 Å². The molecule has 0 heterocycles. The average Bonchev–Trinajstić information content (AvgIpc) is 2.18. The molecule has 1 rings (SSSR count). The fraction of sp³-hybridized carbons (Fsp3) is 0.364. The van der Waals surface area contributed by atoms with Crippen molar-refractivity contribution in [2.75, 3.05) is 7.11 Å². The third kappa shape index (κ3) is 3.14. The summed E-state index contributed by atoms with van der Waals surface area (Å²) in [6.45, 7) is 3.58. The number of halogens is 1. The van der Waals surface area contributed by atoms with Crippen LogP contribution in [0.5, 0.6) is 5.75 Å². The van der Waals surface area contributed by atoms with Crippen molar-refractivity contribution in [3.8, 4) is 5.75 Å². The Labute approximate surface area is 99.0 Å². The van der Waals surface area contributed by atoms with Crippen LogP contribution in [-0.4, -0.2) is 17.1 Å². The first kappa shape index (κ1) is 12.4. The summed E-state index contributed by atoms with van der Waals surface area (Å²) in [5.41, 5.74) is 0. The van der Waals surface area contributed by atoms with Crippen molar-refractivity contribution in [1.82, 2.24) is 0 Å². The van der Waals surface area contributed by atoms with E-state index >= 15 is 0 Å². The molecule has 0 N–H and O–H groups in total. The van der Waals surface area contributed by atoms with Crippen LogP contribution in [0.3, 0.4) is 0 Å². The smallest absolute Gasteiger partial charge is 0.237 e. The van der Waals surface area contributed by atoms with E-state index in [1.165, 1.54) is 11.8 Å². The van der Waals surface area contributed by atoms with Gasteiger partial charge in [-0.05, 0) is 37.6 Å². The molecule has 0 saturated carbocycles. The SMILES string of the molecule is COc1ccccc1SC(C)(C)C(=O)Cl. The van der Waals surface area contributed by atoms with Crippen molar-refractivity contribution in [3.05, 3.63) is 24.3 Å². The highest BCUT2D eigenvalue weighted by molar-refractivity contribution is 8.01. The molecule has 0 saturated heterocycles. The highest BCUT2D eigenvalue weighted by atomic mass is 35.5. The minimum atomic E-state index is -0.643. The first-order valence-electron chi connectivity index (χ1n) is 4.49. The molecule has 0 amide bonds. The molecule has 15 heavy (non-hydrogen) atoms. The summed E-state index contributed by atoms with van der Waals surface area (Å²) >= 11 is 6.91. The number of para-hydroxylation sites is 1. The van der Waals surface area contributed by atoms with Gasteiger partial charge in [0, 0.05) is 0 Å². The summed E-state index contributed by atoms with van der Waals surface area (Å²) < 4.78 is 4.55. The summed E-state index contributed by atoms with van der Waals surface area (Å²) in [6.07, 6.45) is 0. The van der Waals surface area contributed by atoms with Crippen molar-refractivity contribution in [1.29, 1.82) is 0 Å². The zero-order chi connectivity index (χ0) is 11.5. The van der Waals surface area contributed by atoms with Gasteiger partial charge in [0.2, 0.25) is 5.24 Å². The van der Waals surface area contributed by atoms with Crippen LogP contribution < -0.4 is 4.74 Å². The maximum absolute atomic E-state index is 11.2. The van der Waals surface area contributed by atoms with Crippen molar-refractivity contribution >= 4 is 28.6 Å². The van der Waals surface area contributed by atoms with Crippen molar-refractivity contribution in [2.24, 2.45) is 0 Å². The predicted octanol–water partition coefficient (Wildman–Crippen LogP) is 3.33. The van der Waals surface area contributed by atoms with Gasteiger partial charge in [-0.3, -0.25) is 4.79 Å². The van der Waals surface area contributed by atoms with Gasteiger partial charge in [-0.15, -0.1) is 11.8 Å². The number of benzene rings is 1. The Hall–Kier alpha value is -0.670. The molecule has 0 spiro atoms. The Morgan fingerprint density at radius 1 is 1.40 bits per heavy atom. The van der Waals surface area contributed by atoms with E-state index in [0.29, 0.717) is 0 Å². The van der Waals surface area contributed by atoms with Crippen LogP contribution in [0.25, 0.3) is 0 Å². The number of thioether (sulfide) groups is 1. The highest BCUT2D eigenvalue weighted by Crippen LogP contribution is 2.38. The Bertz CT molecular complexity index is 363. The third-order valence-corrected chi connectivity index (χ3v) is 3.74. The van der Waals surface area contributed by atoms with Gasteiger partial charge in [0.1, 0.15) is 5.75 Å². The zero-order valence-corrected chi connectivity index (χ0v) is 10.5. The molecule has 1 aromatic carbocycles. The second-order valence-electron chi connectivity index (χ2n) is 3.54. The lowest BCUT2D eigenvalue weighted by Gasteiger charge is -2.20. The molecule has 1 aromatic rings. The molecule has 0 unspecified atom stereocenters. The summed E-state index contributed by atoms with van der Waals surface area (Å²) in [7, 11) is 1.61. The number of methoxy groups -OCH3 is 1. The first-order valence-corrected chi connectivity index (χ1v) is 5.69. The van der Waals surface area contributed by atoms with E-state index in [4.69, 9.17) is 16.3 Å². The van der Waals surface area contributed by atoms with Gasteiger partial charge >= 0.3 is 0 Å². The minimum Gasteiger partial charge on any atom is -0.496 e. The van der Waals surface area contributed by atoms with Crippen LogP contribution in [0, 0.1) is 0 Å². The maximum Gasteiger partial charge on any atom is 0.237 e. The normalized spacial score (nSPS) is 11.2. The Balaban J connectivity index is 2.94. The molecule has 2 nitrogen and oxygen atoms in total. The van der Waals surface area contributed by atoms with Crippen molar-refractivity contribution in [2.45, 2.75) is 23.5 Å². The number of carbonyl (C=O) groups excluding carboxylic acids is 1. The Kier molecular flexibility index (Phi) is 4.05. The van der Waals surface area contributed by atoms with E-state index in [9.17, 15) is 4.79 Å². The third-order valence-electron chi connectivity index (χ3n) is 1.91. The second kappa shape index (κ2) is 4.90. The van der Waals surface area contributed by atoms with Gasteiger partial charge < -0.3 is 4.74 Å². The quantitative estimate of drug-likeness (QED) is 0.600. The van der Waals surface area contributed by atoms with Gasteiger partial charge in [-0.25, -0.2) is 0 Å². The lowest BCUT2D eigenvalue weighted by Crippen LogP contribution is -2.22. The zero-order valence-electron chi connectivity index (χ0n) is 8.91. The molecule has 0 aliphatic rings. The van der Waals surface area contributed by atoms with Crippen LogP contribution in [0.15, 0.2) is 29.2 Å². The van der Waals surface area contributed by atoms with Crippen molar-refractivity contribution < 1.29 is 9.53 Å². The molecule has 0 bridgehead atoms. The van der Waals surface area contributed by atoms with E-state index in [1.54, 1.807) is 21.0 Å². The molecule has 0 aliphatic heterocycles. The van der Waals surface area contributed by atoms with E-state index < -0.39 is 4.75 Å². The molecule has 4 heteroatoms. The first-order chi connectivity index (χ1) is 6.97. The number of ether oxygens (including phenoxy) is 1. The van der Waals surface area contributed by atoms with Gasteiger partial charge in [0.25, 0.3) is 0 Å². The molecule has 82 valence electrons. The fourth-order valence-electron chi connectivity index (χ4n) is 1.02. The minimum absolute atomic E-state index is 0.363. The molecule has 0 aromatic heterocycles. The van der Waals surface area contributed by atoms with E-state index in [-0.39, 0.29) is 5.24 Å². The van der Waals surface area contributed by atoms with Crippen LogP contribution in [-0.2, 0) is 4.79 Å². The van der Waals surface area contributed by atoms with Gasteiger partial charge in [0.05, 0.1) is 16.8 Å². The number of hydrogen-bond acceptors (Lipinski definition) is 3. The fourth-order valence-corrected chi connectivity index (χ4v) is 2.16. The van der Waals surface area contributed by atoms with Crippen LogP contribution >= 0.6 is 23.4 Å². The lowest BCUT2D eigenvalue weighted by molar-refractivity contribution is -0.113. The Morgan fingerprint density at radius 3 is 2.53 bits per heavy atom. The summed E-state index contributed by atoms with van der Waals surface area (Å²) in [4.78, 5) is 12.1. The maximum atomic E-state index is 11.2. The average molecular weight is 245 g/mol. The summed E-state index contributed by atoms with van der Waals surface area (Å²) in [6, 6.07) is 7.56. The molecule has 0 radical (unpaired) electrons. The van der Waals surface area contributed by atoms with Crippen LogP contribution in [0.2, 0.25) is 0 Å². The molecule has 0 atom stereocenters.